The van der Waals surface area contributed by atoms with Crippen molar-refractivity contribution in [1.29, 1.82) is 0 Å². The van der Waals surface area contributed by atoms with Gasteiger partial charge in [-0.15, -0.1) is 10.2 Å². The summed E-state index contributed by atoms with van der Waals surface area (Å²) in [5.41, 5.74) is 2.02. The summed E-state index contributed by atoms with van der Waals surface area (Å²) in [4.78, 5) is 17.7. The lowest BCUT2D eigenvalue weighted by atomic mass is 10.1. The third-order valence-corrected chi connectivity index (χ3v) is 6.29. The van der Waals surface area contributed by atoms with Crippen molar-refractivity contribution in [2.75, 3.05) is 38.5 Å². The number of aromatic nitrogens is 3. The number of likely N-dealkylation sites (N-methyl/N-ethyl adjacent to an activating group) is 1. The second kappa shape index (κ2) is 7.98. The Morgan fingerprint density at radius 1 is 1.13 bits per heavy atom. The Hall–Kier alpha value is -2.48. The molecule has 1 amide bonds. The van der Waals surface area contributed by atoms with Crippen LogP contribution in [0.2, 0.25) is 5.02 Å². The summed E-state index contributed by atoms with van der Waals surface area (Å²) in [6.07, 6.45) is 4.55. The molecule has 1 aliphatic heterocycles. The summed E-state index contributed by atoms with van der Waals surface area (Å²) in [5, 5.41) is 12.4. The molecule has 1 unspecified atom stereocenters. The predicted octanol–water partition coefficient (Wildman–Crippen LogP) is 3.33. The molecule has 2 aromatic heterocycles. The molecule has 0 bridgehead atoms. The summed E-state index contributed by atoms with van der Waals surface area (Å²) in [5.74, 6) is 1.58. The number of carbonyl (C=O) groups is 1. The largest absolute Gasteiger partial charge is 0.322 e. The van der Waals surface area contributed by atoms with Gasteiger partial charge >= 0.3 is 0 Å². The summed E-state index contributed by atoms with van der Waals surface area (Å²) < 4.78 is 1.96. The van der Waals surface area contributed by atoms with Crippen LogP contribution < -0.4 is 5.32 Å². The van der Waals surface area contributed by atoms with Crippen molar-refractivity contribution in [3.63, 3.8) is 0 Å². The third-order valence-electron chi connectivity index (χ3n) is 6.04. The maximum atomic E-state index is 12.8. The van der Waals surface area contributed by atoms with Gasteiger partial charge in [-0.25, -0.2) is 0 Å². The van der Waals surface area contributed by atoms with E-state index in [2.05, 4.69) is 32.4 Å². The van der Waals surface area contributed by atoms with Crippen molar-refractivity contribution in [3.05, 3.63) is 59.0 Å². The second-order valence-corrected chi connectivity index (χ2v) is 8.80. The molecule has 1 N–H and O–H groups in total. The van der Waals surface area contributed by atoms with Crippen LogP contribution in [-0.2, 0) is 0 Å². The fraction of sp³-hybridized carbons (Fsp3) is 0.409. The highest BCUT2D eigenvalue weighted by atomic mass is 35.5. The number of hydrogen-bond donors (Lipinski definition) is 1. The van der Waals surface area contributed by atoms with Gasteiger partial charge in [0.1, 0.15) is 0 Å². The van der Waals surface area contributed by atoms with Gasteiger partial charge in [0.05, 0.1) is 11.6 Å². The highest BCUT2D eigenvalue weighted by molar-refractivity contribution is 6.30. The Bertz CT molecular complexity index is 1060. The minimum Gasteiger partial charge on any atom is -0.322 e. The summed E-state index contributed by atoms with van der Waals surface area (Å²) >= 11 is 5.93. The van der Waals surface area contributed by atoms with Crippen molar-refractivity contribution in [1.82, 2.24) is 24.4 Å². The number of rotatable bonds is 5. The number of piperazine rings is 1. The smallest absolute Gasteiger partial charge is 0.257 e. The van der Waals surface area contributed by atoms with E-state index in [-0.39, 0.29) is 11.9 Å². The van der Waals surface area contributed by atoms with Crippen LogP contribution in [0.4, 0.5) is 5.69 Å². The first kappa shape index (κ1) is 19.5. The zero-order chi connectivity index (χ0) is 20.7. The first-order valence-electron chi connectivity index (χ1n) is 10.4. The van der Waals surface area contributed by atoms with Crippen LogP contribution in [0.15, 0.2) is 42.6 Å². The van der Waals surface area contributed by atoms with E-state index in [1.54, 1.807) is 30.3 Å². The summed E-state index contributed by atoms with van der Waals surface area (Å²) in [7, 11) is 2.14. The van der Waals surface area contributed by atoms with E-state index in [9.17, 15) is 4.79 Å². The maximum Gasteiger partial charge on any atom is 0.257 e. The monoisotopic (exact) mass is 424 g/mol. The molecule has 3 heterocycles. The van der Waals surface area contributed by atoms with E-state index in [0.717, 1.165) is 37.0 Å². The summed E-state index contributed by atoms with van der Waals surface area (Å²) in [6.45, 7) is 4.21. The van der Waals surface area contributed by atoms with Crippen LogP contribution >= 0.6 is 11.6 Å². The third kappa shape index (κ3) is 4.05. The van der Waals surface area contributed by atoms with Crippen LogP contribution in [0, 0.1) is 5.92 Å². The van der Waals surface area contributed by atoms with Crippen LogP contribution in [0.25, 0.3) is 5.65 Å². The van der Waals surface area contributed by atoms with Crippen molar-refractivity contribution in [3.8, 4) is 0 Å². The zero-order valence-corrected chi connectivity index (χ0v) is 17.7. The van der Waals surface area contributed by atoms with Gasteiger partial charge in [-0.2, -0.15) is 0 Å². The molecule has 30 heavy (non-hydrogen) atoms. The van der Waals surface area contributed by atoms with E-state index in [4.69, 9.17) is 11.6 Å². The number of pyridine rings is 1. The van der Waals surface area contributed by atoms with Crippen LogP contribution in [-0.4, -0.2) is 63.5 Å². The highest BCUT2D eigenvalue weighted by Gasteiger charge is 2.32. The molecular formula is C22H25ClN6O. The van der Waals surface area contributed by atoms with Gasteiger partial charge in [0, 0.05) is 43.1 Å². The molecule has 1 aliphatic carbocycles. The Balaban J connectivity index is 1.39. The average molecular weight is 425 g/mol. The number of benzene rings is 1. The van der Waals surface area contributed by atoms with E-state index in [1.807, 2.05) is 16.7 Å². The SMILES string of the molecule is CN1CCN(CC2CC2)CC1c1nnc2ccc(C(=O)Nc3ccc(Cl)cc3)cn12. The highest BCUT2D eigenvalue weighted by Crippen LogP contribution is 2.32. The molecule has 0 radical (unpaired) electrons. The molecule has 0 spiro atoms. The number of nitrogens with zero attached hydrogens (tertiary/aromatic N) is 5. The Morgan fingerprint density at radius 3 is 2.70 bits per heavy atom. The lowest BCUT2D eigenvalue weighted by Crippen LogP contribution is -2.47. The normalized spacial score (nSPS) is 20.5. The van der Waals surface area contributed by atoms with Crippen LogP contribution in [0.5, 0.6) is 0 Å². The van der Waals surface area contributed by atoms with Crippen molar-refractivity contribution >= 4 is 28.8 Å². The van der Waals surface area contributed by atoms with Gasteiger partial charge in [-0.1, -0.05) is 11.6 Å². The van der Waals surface area contributed by atoms with Gasteiger partial charge in [0.15, 0.2) is 11.5 Å². The Labute approximate surface area is 180 Å². The Morgan fingerprint density at radius 2 is 1.93 bits per heavy atom. The number of halogens is 1. The van der Waals surface area contributed by atoms with Gasteiger partial charge in [0.2, 0.25) is 0 Å². The van der Waals surface area contributed by atoms with Gasteiger partial charge in [-0.05, 0) is 62.2 Å². The maximum absolute atomic E-state index is 12.8. The molecule has 2 aliphatic rings. The molecule has 1 saturated heterocycles. The molecule has 3 aromatic rings. The van der Waals surface area contributed by atoms with Crippen molar-refractivity contribution in [2.45, 2.75) is 18.9 Å². The minimum atomic E-state index is -0.175. The lowest BCUT2D eigenvalue weighted by Gasteiger charge is -2.38. The molecule has 1 aromatic carbocycles. The van der Waals surface area contributed by atoms with Gasteiger partial charge in [-0.3, -0.25) is 19.0 Å². The van der Waals surface area contributed by atoms with E-state index in [1.165, 1.54) is 19.4 Å². The number of nitrogens with one attached hydrogen (secondary N) is 1. The molecule has 5 rings (SSSR count). The summed E-state index contributed by atoms with van der Waals surface area (Å²) in [6, 6.07) is 10.9. The molecular weight excluding hydrogens is 400 g/mol. The number of amides is 1. The first-order chi connectivity index (χ1) is 14.6. The van der Waals surface area contributed by atoms with Gasteiger partial charge in [0.25, 0.3) is 5.91 Å². The topological polar surface area (TPSA) is 65.8 Å². The number of fused-ring (bicyclic) bond motifs is 1. The van der Waals surface area contributed by atoms with E-state index in [0.29, 0.717) is 16.3 Å². The fourth-order valence-electron chi connectivity index (χ4n) is 4.05. The standard InChI is InChI=1S/C22H25ClN6O/c1-27-10-11-28(12-15-2-3-15)14-19(27)21-26-25-20-9-4-16(13-29(20)21)22(30)24-18-7-5-17(23)6-8-18/h4-9,13,15,19H,2-3,10-12,14H2,1H3,(H,24,30). The number of anilines is 1. The van der Waals surface area contributed by atoms with E-state index >= 15 is 0 Å². The van der Waals surface area contributed by atoms with E-state index < -0.39 is 0 Å². The molecule has 7 nitrogen and oxygen atoms in total. The van der Waals surface area contributed by atoms with Crippen LogP contribution in [0.3, 0.4) is 0 Å². The quantitative estimate of drug-likeness (QED) is 0.680. The lowest BCUT2D eigenvalue weighted by molar-refractivity contribution is 0.0870. The van der Waals surface area contributed by atoms with Gasteiger partial charge < -0.3 is 5.32 Å². The zero-order valence-electron chi connectivity index (χ0n) is 17.0. The van der Waals surface area contributed by atoms with Crippen LogP contribution in [0.1, 0.15) is 35.1 Å². The first-order valence-corrected chi connectivity index (χ1v) is 10.8. The predicted molar refractivity (Wildman–Crippen MR) is 117 cm³/mol. The minimum absolute atomic E-state index is 0.155. The molecule has 2 fully saturated rings. The molecule has 156 valence electrons. The molecule has 1 saturated carbocycles. The van der Waals surface area contributed by atoms with Crippen molar-refractivity contribution < 1.29 is 4.79 Å². The van der Waals surface area contributed by atoms with Crippen molar-refractivity contribution in [2.24, 2.45) is 5.92 Å². The molecule has 1 atom stereocenters. The average Bonchev–Trinajstić information content (AvgIpc) is 3.47. The Kier molecular flexibility index (Phi) is 5.18. The number of hydrogen-bond acceptors (Lipinski definition) is 5. The number of carbonyl (C=O) groups excluding carboxylic acids is 1. The fourth-order valence-corrected chi connectivity index (χ4v) is 4.17. The molecule has 8 heteroatoms. The second-order valence-electron chi connectivity index (χ2n) is 8.36.